The molecule has 0 N–H and O–H groups in total. The Bertz CT molecular complexity index is 927. The number of nitrogens with zero attached hydrogens (tertiary/aromatic N) is 2. The lowest BCUT2D eigenvalue weighted by atomic mass is 10.2. The molecule has 1 amide bonds. The van der Waals surface area contributed by atoms with Crippen molar-refractivity contribution in [2.45, 2.75) is 13.0 Å². The van der Waals surface area contributed by atoms with Gasteiger partial charge < -0.3 is 9.47 Å². The number of aliphatic imine (C=N–C) groups is 1. The maximum Gasteiger partial charge on any atom is 0.257 e. The van der Waals surface area contributed by atoms with Gasteiger partial charge in [-0.2, -0.15) is 0 Å². The predicted octanol–water partition coefficient (Wildman–Crippen LogP) is 4.61. The highest BCUT2D eigenvalue weighted by Crippen LogP contribution is 2.33. The Hall–Kier alpha value is -2.44. The van der Waals surface area contributed by atoms with E-state index >= 15 is 0 Å². The van der Waals surface area contributed by atoms with Gasteiger partial charge in [-0.3, -0.25) is 14.7 Å². The molecular formula is C20H17ClN2O3S. The first kappa shape index (κ1) is 17.9. The number of halogens is 1. The molecule has 2 aliphatic heterocycles. The van der Waals surface area contributed by atoms with Gasteiger partial charge in [0.1, 0.15) is 0 Å². The lowest BCUT2D eigenvalue weighted by Gasteiger charge is -2.20. The van der Waals surface area contributed by atoms with E-state index in [0.717, 1.165) is 17.0 Å². The van der Waals surface area contributed by atoms with E-state index in [9.17, 15) is 4.79 Å². The van der Waals surface area contributed by atoms with E-state index in [1.54, 1.807) is 34.9 Å². The predicted molar refractivity (Wildman–Crippen MR) is 110 cm³/mol. The molecule has 1 atom stereocenters. The third kappa shape index (κ3) is 3.96. The van der Waals surface area contributed by atoms with Gasteiger partial charge in [-0.1, -0.05) is 29.4 Å². The van der Waals surface area contributed by atoms with Gasteiger partial charge in [0.25, 0.3) is 5.91 Å². The molecule has 0 aromatic heterocycles. The zero-order chi connectivity index (χ0) is 18.8. The SMILES string of the molecule is C[C@@H]1CSC(N(C(=O)/C=C/c2ccc3c(c2)OCO3)c2ccc(Cl)cc2)=N1. The first-order valence-corrected chi connectivity index (χ1v) is 9.84. The summed E-state index contributed by atoms with van der Waals surface area (Å²) in [6, 6.07) is 12.9. The highest BCUT2D eigenvalue weighted by atomic mass is 35.5. The van der Waals surface area contributed by atoms with Crippen molar-refractivity contribution in [1.82, 2.24) is 0 Å². The number of amides is 1. The molecule has 0 fully saturated rings. The lowest BCUT2D eigenvalue weighted by molar-refractivity contribution is -0.113. The van der Waals surface area contributed by atoms with Crippen LogP contribution in [0.25, 0.3) is 6.08 Å². The summed E-state index contributed by atoms with van der Waals surface area (Å²) in [7, 11) is 0. The van der Waals surface area contributed by atoms with Gasteiger partial charge in [0.2, 0.25) is 6.79 Å². The fraction of sp³-hybridized carbons (Fsp3) is 0.200. The third-order valence-electron chi connectivity index (χ3n) is 4.10. The van der Waals surface area contributed by atoms with Gasteiger partial charge in [0.05, 0.1) is 11.7 Å². The van der Waals surface area contributed by atoms with Crippen LogP contribution in [0.2, 0.25) is 5.02 Å². The Morgan fingerprint density at radius 1 is 1.22 bits per heavy atom. The Kier molecular flexibility index (Phi) is 5.09. The molecular weight excluding hydrogens is 384 g/mol. The molecule has 4 rings (SSSR count). The average Bonchev–Trinajstić information content (AvgIpc) is 3.30. The van der Waals surface area contributed by atoms with Gasteiger partial charge in [-0.05, 0) is 55.0 Å². The van der Waals surface area contributed by atoms with Crippen molar-refractivity contribution < 1.29 is 14.3 Å². The number of rotatable bonds is 3. The molecule has 0 saturated heterocycles. The molecule has 0 bridgehead atoms. The van der Waals surface area contributed by atoms with Gasteiger partial charge >= 0.3 is 0 Å². The zero-order valence-corrected chi connectivity index (χ0v) is 16.2. The standard InChI is InChI=1S/C20H17ClN2O3S/c1-13-11-27-20(22-13)23(16-6-4-15(21)5-7-16)19(24)9-3-14-2-8-17-18(10-14)26-12-25-17/h2-10,13H,11-12H2,1H3/b9-3+/t13-/m1/s1. The first-order chi connectivity index (χ1) is 13.1. The summed E-state index contributed by atoms with van der Waals surface area (Å²) in [5.74, 6) is 2.09. The molecule has 0 saturated carbocycles. The summed E-state index contributed by atoms with van der Waals surface area (Å²) in [6.45, 7) is 2.26. The number of carbonyl (C=O) groups is 1. The second kappa shape index (κ2) is 7.66. The topological polar surface area (TPSA) is 51.1 Å². The van der Waals surface area contributed by atoms with Gasteiger partial charge in [0.15, 0.2) is 16.7 Å². The molecule has 2 heterocycles. The molecule has 7 heteroatoms. The van der Waals surface area contributed by atoms with E-state index in [4.69, 9.17) is 21.1 Å². The van der Waals surface area contributed by atoms with Crippen LogP contribution in [-0.2, 0) is 4.79 Å². The van der Waals surface area contributed by atoms with Crippen LogP contribution in [0.3, 0.4) is 0 Å². The monoisotopic (exact) mass is 400 g/mol. The number of hydrogen-bond donors (Lipinski definition) is 0. The summed E-state index contributed by atoms with van der Waals surface area (Å²) < 4.78 is 10.7. The lowest BCUT2D eigenvalue weighted by Crippen LogP contribution is -2.33. The first-order valence-electron chi connectivity index (χ1n) is 8.48. The highest BCUT2D eigenvalue weighted by molar-refractivity contribution is 8.14. The van der Waals surface area contributed by atoms with Crippen molar-refractivity contribution in [2.75, 3.05) is 17.4 Å². The highest BCUT2D eigenvalue weighted by Gasteiger charge is 2.25. The Labute approximate surface area is 166 Å². The average molecular weight is 401 g/mol. The molecule has 27 heavy (non-hydrogen) atoms. The quantitative estimate of drug-likeness (QED) is 0.706. The Balaban J connectivity index is 1.60. The fourth-order valence-electron chi connectivity index (χ4n) is 2.76. The molecule has 138 valence electrons. The van der Waals surface area contributed by atoms with E-state index in [1.807, 2.05) is 37.3 Å². The number of ether oxygens (including phenoxy) is 2. The molecule has 0 radical (unpaired) electrons. The van der Waals surface area contributed by atoms with Crippen LogP contribution >= 0.6 is 23.4 Å². The van der Waals surface area contributed by atoms with Crippen molar-refractivity contribution in [1.29, 1.82) is 0 Å². The van der Waals surface area contributed by atoms with Crippen molar-refractivity contribution >= 4 is 46.2 Å². The number of benzene rings is 2. The third-order valence-corrected chi connectivity index (χ3v) is 5.54. The summed E-state index contributed by atoms with van der Waals surface area (Å²) in [4.78, 5) is 19.2. The van der Waals surface area contributed by atoms with Crippen LogP contribution in [0.15, 0.2) is 53.5 Å². The number of fused-ring (bicyclic) bond motifs is 1. The van der Waals surface area contributed by atoms with Crippen LogP contribution in [0, 0.1) is 0 Å². The molecule has 2 aliphatic rings. The minimum Gasteiger partial charge on any atom is -0.454 e. The minimum absolute atomic E-state index is 0.171. The molecule has 5 nitrogen and oxygen atoms in total. The Morgan fingerprint density at radius 3 is 2.74 bits per heavy atom. The maximum absolute atomic E-state index is 13.0. The number of anilines is 1. The number of thioether (sulfide) groups is 1. The van der Waals surface area contributed by atoms with Gasteiger partial charge in [0, 0.05) is 16.9 Å². The molecule has 0 aliphatic carbocycles. The minimum atomic E-state index is -0.171. The number of hydrogen-bond acceptors (Lipinski definition) is 5. The summed E-state index contributed by atoms with van der Waals surface area (Å²) in [6.07, 6.45) is 3.30. The van der Waals surface area contributed by atoms with Gasteiger partial charge in [-0.25, -0.2) is 0 Å². The molecule has 2 aromatic carbocycles. The van der Waals surface area contributed by atoms with Crippen LogP contribution in [0.5, 0.6) is 11.5 Å². The van der Waals surface area contributed by atoms with E-state index in [0.29, 0.717) is 21.7 Å². The van der Waals surface area contributed by atoms with E-state index < -0.39 is 0 Å². The van der Waals surface area contributed by atoms with Crippen LogP contribution < -0.4 is 14.4 Å². The second-order valence-corrected chi connectivity index (χ2v) is 7.59. The van der Waals surface area contributed by atoms with Crippen molar-refractivity contribution in [3.63, 3.8) is 0 Å². The van der Waals surface area contributed by atoms with Crippen LogP contribution in [-0.4, -0.2) is 29.7 Å². The summed E-state index contributed by atoms with van der Waals surface area (Å²) >= 11 is 7.57. The largest absolute Gasteiger partial charge is 0.454 e. The second-order valence-electron chi connectivity index (χ2n) is 6.17. The molecule has 0 spiro atoms. The van der Waals surface area contributed by atoms with E-state index in [-0.39, 0.29) is 18.7 Å². The molecule has 2 aromatic rings. The zero-order valence-electron chi connectivity index (χ0n) is 14.6. The van der Waals surface area contributed by atoms with E-state index in [1.165, 1.54) is 6.08 Å². The smallest absolute Gasteiger partial charge is 0.257 e. The molecule has 0 unspecified atom stereocenters. The van der Waals surface area contributed by atoms with Crippen LogP contribution in [0.1, 0.15) is 12.5 Å². The van der Waals surface area contributed by atoms with E-state index in [2.05, 4.69) is 4.99 Å². The summed E-state index contributed by atoms with van der Waals surface area (Å²) in [5.41, 5.74) is 1.60. The van der Waals surface area contributed by atoms with Crippen molar-refractivity contribution in [3.05, 3.63) is 59.1 Å². The fourth-order valence-corrected chi connectivity index (χ4v) is 3.93. The summed E-state index contributed by atoms with van der Waals surface area (Å²) in [5, 5.41) is 1.32. The normalized spacial score (nSPS) is 18.0. The van der Waals surface area contributed by atoms with Crippen molar-refractivity contribution in [3.8, 4) is 11.5 Å². The number of amidine groups is 1. The van der Waals surface area contributed by atoms with Crippen LogP contribution in [0.4, 0.5) is 5.69 Å². The number of carbonyl (C=O) groups excluding carboxylic acids is 1. The van der Waals surface area contributed by atoms with Gasteiger partial charge in [-0.15, -0.1) is 0 Å². The maximum atomic E-state index is 13.0. The Morgan fingerprint density at radius 2 is 2.00 bits per heavy atom. The van der Waals surface area contributed by atoms with Crippen molar-refractivity contribution in [2.24, 2.45) is 4.99 Å².